The number of aryl methyl sites for hydroxylation is 2. The molecular weight excluding hydrogens is 464 g/mol. The average molecular weight is 493 g/mol. The predicted molar refractivity (Wildman–Crippen MR) is 155 cm³/mol. The van der Waals surface area contributed by atoms with E-state index in [1.807, 2.05) is 0 Å². The molecule has 4 heteroatoms. The first kappa shape index (κ1) is 22.3. The summed E-state index contributed by atoms with van der Waals surface area (Å²) in [6.45, 7) is 4.30. The van der Waals surface area contributed by atoms with Crippen LogP contribution in [0.25, 0.3) is 22.5 Å². The Balaban J connectivity index is 1.52. The highest BCUT2D eigenvalue weighted by atomic mass is 15.6. The fourth-order valence-electron chi connectivity index (χ4n) is 5.59. The van der Waals surface area contributed by atoms with Crippen molar-refractivity contribution in [1.82, 2.24) is 20.9 Å². The first-order valence-electron chi connectivity index (χ1n) is 13.0. The molecule has 2 N–H and O–H groups in total. The number of rotatable bonds is 4. The van der Waals surface area contributed by atoms with Gasteiger partial charge < -0.3 is 10.9 Å². The summed E-state index contributed by atoms with van der Waals surface area (Å²) in [4.78, 5) is 0. The van der Waals surface area contributed by atoms with Crippen molar-refractivity contribution in [3.8, 4) is 0 Å². The van der Waals surface area contributed by atoms with E-state index in [0.29, 0.717) is 0 Å². The lowest BCUT2D eigenvalue weighted by Gasteiger charge is -2.39. The Bertz CT molecular complexity index is 1550. The van der Waals surface area contributed by atoms with Gasteiger partial charge in [-0.05, 0) is 37.1 Å². The van der Waals surface area contributed by atoms with Crippen LogP contribution in [0.3, 0.4) is 0 Å². The molecule has 184 valence electrons. The monoisotopic (exact) mass is 492 g/mol. The second-order valence-corrected chi connectivity index (χ2v) is 9.91. The number of benzene rings is 4. The van der Waals surface area contributed by atoms with Gasteiger partial charge in [-0.2, -0.15) is 0 Å². The predicted octanol–water partition coefficient (Wildman–Crippen LogP) is 7.08. The molecule has 4 nitrogen and oxygen atoms in total. The topological polar surface area (TPSA) is 30.5 Å². The zero-order valence-corrected chi connectivity index (χ0v) is 21.4. The number of hydrazine groups is 2. The molecule has 0 aliphatic carbocycles. The molecule has 0 fully saturated rings. The third-order valence-electron chi connectivity index (χ3n) is 7.28. The first-order chi connectivity index (χ1) is 18.7. The summed E-state index contributed by atoms with van der Waals surface area (Å²) in [6.07, 6.45) is 4.26. The second-order valence-electron chi connectivity index (χ2n) is 9.91. The van der Waals surface area contributed by atoms with Gasteiger partial charge in [-0.15, -0.1) is 0 Å². The summed E-state index contributed by atoms with van der Waals surface area (Å²) in [5, 5.41) is 4.54. The van der Waals surface area contributed by atoms with Crippen LogP contribution in [-0.4, -0.2) is 10.0 Å². The van der Waals surface area contributed by atoms with Crippen molar-refractivity contribution in [2.45, 2.75) is 13.8 Å². The largest absolute Gasteiger partial charge is 0.300 e. The van der Waals surface area contributed by atoms with E-state index >= 15 is 0 Å². The summed E-state index contributed by atoms with van der Waals surface area (Å²) in [5.74, 6) is 0. The van der Waals surface area contributed by atoms with Gasteiger partial charge in [0.1, 0.15) is 0 Å². The van der Waals surface area contributed by atoms with Gasteiger partial charge in [-0.25, -0.2) is 0 Å². The number of nitrogens with zero attached hydrogens (tertiary/aromatic N) is 2. The van der Waals surface area contributed by atoms with E-state index in [0.717, 1.165) is 45.1 Å². The van der Waals surface area contributed by atoms with Gasteiger partial charge in [0.05, 0.1) is 22.8 Å². The summed E-state index contributed by atoms with van der Waals surface area (Å²) >= 11 is 0. The van der Waals surface area contributed by atoms with E-state index in [1.54, 1.807) is 0 Å². The zero-order valence-electron chi connectivity index (χ0n) is 21.4. The van der Waals surface area contributed by atoms with Crippen LogP contribution >= 0.6 is 0 Å². The van der Waals surface area contributed by atoms with Crippen LogP contribution < -0.4 is 10.9 Å². The maximum Gasteiger partial charge on any atom is 0.0987 e. The average Bonchev–Trinajstić information content (AvgIpc) is 3.58. The fourth-order valence-corrected chi connectivity index (χ4v) is 5.59. The first-order valence-corrected chi connectivity index (χ1v) is 13.0. The molecular formula is C34H28N4. The van der Waals surface area contributed by atoms with Crippen molar-refractivity contribution < 1.29 is 0 Å². The Kier molecular flexibility index (Phi) is 5.19. The standard InChI is InChI=1S/C34H28N4/c1-23-11-9-17-27(19-23)31-33-29(25-13-5-3-6-14-25)21-36-38(33)32(28-18-10-12-24(2)20-28)34-30(22-35-37(31)34)26-15-7-4-8-16-26/h3-22,35-36H,1-2H3. The van der Waals surface area contributed by atoms with Gasteiger partial charge in [-0.1, -0.05) is 108 Å². The highest BCUT2D eigenvalue weighted by Crippen LogP contribution is 2.50. The van der Waals surface area contributed by atoms with Crippen molar-refractivity contribution in [1.29, 1.82) is 0 Å². The van der Waals surface area contributed by atoms with Crippen LogP contribution in [0.4, 0.5) is 0 Å². The third kappa shape index (κ3) is 3.53. The Hall–Kier alpha value is -4.96. The third-order valence-corrected chi connectivity index (χ3v) is 7.28. The van der Waals surface area contributed by atoms with Gasteiger partial charge in [0.2, 0.25) is 0 Å². The van der Waals surface area contributed by atoms with E-state index in [1.165, 1.54) is 22.3 Å². The number of allylic oxidation sites excluding steroid dienone is 2. The van der Waals surface area contributed by atoms with E-state index in [2.05, 4.69) is 156 Å². The van der Waals surface area contributed by atoms with E-state index < -0.39 is 0 Å². The zero-order chi connectivity index (χ0) is 25.6. The molecule has 0 spiro atoms. The smallest absolute Gasteiger partial charge is 0.0987 e. The quantitative estimate of drug-likeness (QED) is 0.319. The van der Waals surface area contributed by atoms with Crippen molar-refractivity contribution in [3.05, 3.63) is 166 Å². The van der Waals surface area contributed by atoms with Crippen LogP contribution in [0, 0.1) is 13.8 Å². The molecule has 3 heterocycles. The lowest BCUT2D eigenvalue weighted by molar-refractivity contribution is 0.379. The van der Waals surface area contributed by atoms with E-state index in [-0.39, 0.29) is 0 Å². The molecule has 7 rings (SSSR count). The van der Waals surface area contributed by atoms with Crippen molar-refractivity contribution in [2.75, 3.05) is 0 Å². The maximum absolute atomic E-state index is 3.65. The molecule has 0 radical (unpaired) electrons. The molecule has 0 unspecified atom stereocenters. The molecule has 0 amide bonds. The Morgan fingerprint density at radius 2 is 0.816 bits per heavy atom. The normalized spacial score (nSPS) is 16.1. The van der Waals surface area contributed by atoms with Crippen molar-refractivity contribution >= 4 is 22.5 Å². The summed E-state index contributed by atoms with van der Waals surface area (Å²) in [5.41, 5.74) is 21.2. The molecule has 3 aliphatic heterocycles. The molecule has 4 aromatic rings. The van der Waals surface area contributed by atoms with Gasteiger partial charge in [0.15, 0.2) is 0 Å². The SMILES string of the molecule is Cc1cccc(C2=C3C(c4ccccc4)=CNN3C(c3cccc(C)c3)=C3C(c4ccccc4)=CNN32)c1. The summed E-state index contributed by atoms with van der Waals surface area (Å²) in [6, 6.07) is 38.7. The lowest BCUT2D eigenvalue weighted by Crippen LogP contribution is -2.40. The second kappa shape index (κ2) is 8.86. The van der Waals surface area contributed by atoms with Crippen LogP contribution in [0.2, 0.25) is 0 Å². The van der Waals surface area contributed by atoms with Crippen LogP contribution in [0.15, 0.2) is 133 Å². The van der Waals surface area contributed by atoms with Gasteiger partial charge >= 0.3 is 0 Å². The molecule has 3 aliphatic rings. The van der Waals surface area contributed by atoms with Gasteiger partial charge in [-0.3, -0.25) is 10.0 Å². The summed E-state index contributed by atoms with van der Waals surface area (Å²) in [7, 11) is 0. The molecule has 0 bridgehead atoms. The molecule has 0 saturated carbocycles. The van der Waals surface area contributed by atoms with Crippen LogP contribution in [0.1, 0.15) is 33.4 Å². The summed E-state index contributed by atoms with van der Waals surface area (Å²) < 4.78 is 0. The number of nitrogens with one attached hydrogen (secondary N) is 2. The Morgan fingerprint density at radius 3 is 1.21 bits per heavy atom. The highest BCUT2D eigenvalue weighted by molar-refractivity contribution is 6.00. The molecule has 0 saturated heterocycles. The van der Waals surface area contributed by atoms with Gasteiger partial charge in [0, 0.05) is 34.7 Å². The molecule has 0 aromatic heterocycles. The Labute approximate surface area is 223 Å². The van der Waals surface area contributed by atoms with Crippen molar-refractivity contribution in [2.24, 2.45) is 0 Å². The van der Waals surface area contributed by atoms with Gasteiger partial charge in [0.25, 0.3) is 0 Å². The maximum atomic E-state index is 3.65. The molecule has 4 aromatic carbocycles. The highest BCUT2D eigenvalue weighted by Gasteiger charge is 2.42. The molecule has 0 atom stereocenters. The minimum absolute atomic E-state index is 1.11. The number of hydrogen-bond acceptors (Lipinski definition) is 4. The Morgan fingerprint density at radius 1 is 0.421 bits per heavy atom. The van der Waals surface area contributed by atoms with Crippen LogP contribution in [0.5, 0.6) is 0 Å². The fraction of sp³-hybridized carbons (Fsp3) is 0.0588. The lowest BCUT2D eigenvalue weighted by atomic mass is 9.92. The van der Waals surface area contributed by atoms with E-state index in [4.69, 9.17) is 0 Å². The number of hydrogen-bond donors (Lipinski definition) is 2. The van der Waals surface area contributed by atoms with Crippen LogP contribution in [-0.2, 0) is 0 Å². The molecule has 38 heavy (non-hydrogen) atoms. The minimum atomic E-state index is 1.11. The number of fused-ring (bicyclic) bond motifs is 2. The van der Waals surface area contributed by atoms with Crippen molar-refractivity contribution in [3.63, 3.8) is 0 Å². The minimum Gasteiger partial charge on any atom is -0.300 e. The van der Waals surface area contributed by atoms with E-state index in [9.17, 15) is 0 Å².